The molecule has 2 aromatic rings. The summed E-state index contributed by atoms with van der Waals surface area (Å²) < 4.78 is 0.675. The molecule has 0 fully saturated rings. The van der Waals surface area contributed by atoms with Crippen LogP contribution in [-0.2, 0) is 6.42 Å². The zero-order valence-electron chi connectivity index (χ0n) is 11.7. The van der Waals surface area contributed by atoms with Gasteiger partial charge in [0.05, 0.1) is 8.49 Å². The Morgan fingerprint density at radius 2 is 2.05 bits per heavy atom. The molecule has 0 saturated heterocycles. The Kier molecular flexibility index (Phi) is 3.84. The highest BCUT2D eigenvalue weighted by Gasteiger charge is 2.20. The van der Waals surface area contributed by atoms with E-state index in [2.05, 4.69) is 30.0 Å². The van der Waals surface area contributed by atoms with E-state index in [1.165, 1.54) is 16.8 Å². The largest absolute Gasteiger partial charge is 0.341 e. The van der Waals surface area contributed by atoms with E-state index in [-0.39, 0.29) is 10.6 Å². The van der Waals surface area contributed by atoms with Crippen LogP contribution < -0.4 is 4.90 Å². The van der Waals surface area contributed by atoms with E-state index in [1.807, 2.05) is 34.7 Å². The predicted molar refractivity (Wildman–Crippen MR) is 92.3 cm³/mol. The zero-order chi connectivity index (χ0) is 15.0. The van der Waals surface area contributed by atoms with Gasteiger partial charge >= 0.3 is 0 Å². The van der Waals surface area contributed by atoms with Gasteiger partial charge in [0.1, 0.15) is 0 Å². The van der Waals surface area contributed by atoms with Crippen molar-refractivity contribution in [1.29, 1.82) is 0 Å². The number of nitrogens with zero attached hydrogens (tertiary/aromatic N) is 2. The molecule has 2 aromatic carbocycles. The highest BCUT2D eigenvalue weighted by molar-refractivity contribution is 14.1. The first kappa shape index (κ1) is 14.3. The lowest BCUT2D eigenvalue weighted by Crippen LogP contribution is -2.24. The van der Waals surface area contributed by atoms with Crippen LogP contribution in [0.4, 0.5) is 17.1 Å². The smallest absolute Gasteiger partial charge is 0.282 e. The van der Waals surface area contributed by atoms with Crippen molar-refractivity contribution in [3.8, 4) is 0 Å². The second-order valence-electron chi connectivity index (χ2n) is 5.28. The lowest BCUT2D eigenvalue weighted by molar-refractivity contribution is -0.385. The summed E-state index contributed by atoms with van der Waals surface area (Å²) >= 11 is 2.03. The average Bonchev–Trinajstić information content (AvgIpc) is 2.45. The molecular formula is C16H15IN2O2. The topological polar surface area (TPSA) is 46.4 Å². The molecule has 5 heteroatoms. The Morgan fingerprint density at radius 3 is 2.76 bits per heavy atom. The first-order chi connectivity index (χ1) is 10.1. The van der Waals surface area contributed by atoms with Gasteiger partial charge < -0.3 is 4.90 Å². The molecular weight excluding hydrogens is 379 g/mol. The number of anilines is 2. The fourth-order valence-corrected chi connectivity index (χ4v) is 3.50. The Bertz CT molecular complexity index is 715. The van der Waals surface area contributed by atoms with Gasteiger partial charge in [-0.2, -0.15) is 0 Å². The molecule has 108 valence electrons. The van der Waals surface area contributed by atoms with Crippen LogP contribution in [-0.4, -0.2) is 11.5 Å². The predicted octanol–water partition coefficient (Wildman–Crippen LogP) is 4.59. The van der Waals surface area contributed by atoms with Gasteiger partial charge in [0.2, 0.25) is 0 Å². The number of aryl methyl sites for hydroxylation is 2. The molecule has 0 atom stereocenters. The Balaban J connectivity index is 2.03. The summed E-state index contributed by atoms with van der Waals surface area (Å²) in [7, 11) is 0. The zero-order valence-corrected chi connectivity index (χ0v) is 13.8. The summed E-state index contributed by atoms with van der Waals surface area (Å²) in [6.07, 6.45) is 2.20. The molecule has 0 N–H and O–H groups in total. The molecule has 0 spiro atoms. The SMILES string of the molecule is Cc1ccc2c(c1)CCCN2c1ccc([N+](=O)[O-])c(I)c1. The van der Waals surface area contributed by atoms with Crippen LogP contribution in [0.3, 0.4) is 0 Å². The second-order valence-corrected chi connectivity index (χ2v) is 6.44. The van der Waals surface area contributed by atoms with Crippen molar-refractivity contribution in [3.05, 3.63) is 61.2 Å². The first-order valence-corrected chi connectivity index (χ1v) is 7.95. The minimum absolute atomic E-state index is 0.167. The molecule has 0 aromatic heterocycles. The number of benzene rings is 2. The number of hydrogen-bond acceptors (Lipinski definition) is 3. The fourth-order valence-electron chi connectivity index (χ4n) is 2.81. The standard InChI is InChI=1S/C16H15IN2O2/c1-11-4-6-15-12(9-11)3-2-8-18(15)13-5-7-16(19(20)21)14(17)10-13/h4-7,9-10H,2-3,8H2,1H3. The molecule has 3 rings (SSSR count). The summed E-state index contributed by atoms with van der Waals surface area (Å²) in [5.41, 5.74) is 5.04. The van der Waals surface area contributed by atoms with Crippen molar-refractivity contribution in [2.45, 2.75) is 19.8 Å². The second kappa shape index (κ2) is 5.63. The van der Waals surface area contributed by atoms with Crippen LogP contribution >= 0.6 is 22.6 Å². The van der Waals surface area contributed by atoms with Gasteiger partial charge in [-0.15, -0.1) is 0 Å². The van der Waals surface area contributed by atoms with Gasteiger partial charge in [0, 0.05) is 24.0 Å². The van der Waals surface area contributed by atoms with Crippen LogP contribution in [0.25, 0.3) is 0 Å². The average molecular weight is 394 g/mol. The highest BCUT2D eigenvalue weighted by Crippen LogP contribution is 2.36. The maximum absolute atomic E-state index is 10.9. The van der Waals surface area contributed by atoms with Gasteiger partial charge in [-0.3, -0.25) is 10.1 Å². The molecule has 4 nitrogen and oxygen atoms in total. The summed E-state index contributed by atoms with van der Waals surface area (Å²) in [6, 6.07) is 11.8. The van der Waals surface area contributed by atoms with Crippen molar-refractivity contribution in [1.82, 2.24) is 0 Å². The van der Waals surface area contributed by atoms with Crippen LogP contribution in [0, 0.1) is 20.6 Å². The van der Waals surface area contributed by atoms with Gasteiger partial charge in [0.25, 0.3) is 5.69 Å². The molecule has 0 saturated carbocycles. The van der Waals surface area contributed by atoms with Crippen molar-refractivity contribution in [2.75, 3.05) is 11.4 Å². The number of hydrogen-bond donors (Lipinski definition) is 0. The Hall–Kier alpha value is -1.63. The maximum Gasteiger partial charge on any atom is 0.282 e. The van der Waals surface area contributed by atoms with E-state index < -0.39 is 0 Å². The van der Waals surface area contributed by atoms with Crippen molar-refractivity contribution < 1.29 is 4.92 Å². The summed E-state index contributed by atoms with van der Waals surface area (Å²) in [5, 5.41) is 10.9. The molecule has 0 amide bonds. The van der Waals surface area contributed by atoms with E-state index in [1.54, 1.807) is 6.07 Å². The molecule has 21 heavy (non-hydrogen) atoms. The Morgan fingerprint density at radius 1 is 1.24 bits per heavy atom. The highest BCUT2D eigenvalue weighted by atomic mass is 127. The molecule has 1 heterocycles. The number of fused-ring (bicyclic) bond motifs is 1. The quantitative estimate of drug-likeness (QED) is 0.425. The van der Waals surface area contributed by atoms with Crippen LogP contribution in [0.5, 0.6) is 0 Å². The molecule has 0 bridgehead atoms. The number of nitro benzene ring substituents is 1. The summed E-state index contributed by atoms with van der Waals surface area (Å²) in [5.74, 6) is 0. The minimum Gasteiger partial charge on any atom is -0.341 e. The van der Waals surface area contributed by atoms with Crippen molar-refractivity contribution in [2.24, 2.45) is 0 Å². The molecule has 0 radical (unpaired) electrons. The summed E-state index contributed by atoms with van der Waals surface area (Å²) in [6.45, 7) is 3.05. The third-order valence-electron chi connectivity index (χ3n) is 3.79. The molecule has 1 aliphatic heterocycles. The number of halogens is 1. The monoisotopic (exact) mass is 394 g/mol. The van der Waals surface area contributed by atoms with Crippen LogP contribution in [0.1, 0.15) is 17.5 Å². The van der Waals surface area contributed by atoms with Crippen LogP contribution in [0.15, 0.2) is 36.4 Å². The lowest BCUT2D eigenvalue weighted by atomic mass is 9.99. The summed E-state index contributed by atoms with van der Waals surface area (Å²) in [4.78, 5) is 12.9. The fraction of sp³-hybridized carbons (Fsp3) is 0.250. The van der Waals surface area contributed by atoms with E-state index in [4.69, 9.17) is 0 Å². The number of nitro groups is 1. The van der Waals surface area contributed by atoms with Gasteiger partial charge in [-0.05, 0) is 66.1 Å². The van der Waals surface area contributed by atoms with Crippen molar-refractivity contribution >= 4 is 39.7 Å². The Labute approximate surface area is 137 Å². The van der Waals surface area contributed by atoms with Gasteiger partial charge in [-0.1, -0.05) is 17.7 Å². The van der Waals surface area contributed by atoms with E-state index in [0.717, 1.165) is 25.1 Å². The maximum atomic E-state index is 10.9. The van der Waals surface area contributed by atoms with Crippen LogP contribution in [0.2, 0.25) is 0 Å². The third-order valence-corrected chi connectivity index (χ3v) is 4.66. The van der Waals surface area contributed by atoms with E-state index in [0.29, 0.717) is 3.57 Å². The van der Waals surface area contributed by atoms with Gasteiger partial charge in [-0.25, -0.2) is 0 Å². The third kappa shape index (κ3) is 2.74. The first-order valence-electron chi connectivity index (χ1n) is 6.87. The lowest BCUT2D eigenvalue weighted by Gasteiger charge is -2.31. The van der Waals surface area contributed by atoms with Crippen molar-refractivity contribution in [3.63, 3.8) is 0 Å². The van der Waals surface area contributed by atoms with Gasteiger partial charge in [0.15, 0.2) is 0 Å². The molecule has 0 aliphatic carbocycles. The minimum atomic E-state index is -0.334. The van der Waals surface area contributed by atoms with E-state index >= 15 is 0 Å². The number of rotatable bonds is 2. The molecule has 0 unspecified atom stereocenters. The normalized spacial score (nSPS) is 13.9. The van der Waals surface area contributed by atoms with E-state index in [9.17, 15) is 10.1 Å². The molecule has 1 aliphatic rings.